The highest BCUT2D eigenvalue weighted by molar-refractivity contribution is 5.16. The minimum atomic E-state index is 0.610. The Morgan fingerprint density at radius 3 is 2.62 bits per heavy atom. The second-order valence-corrected chi connectivity index (χ2v) is 6.64. The lowest BCUT2D eigenvalue weighted by molar-refractivity contribution is 0.505. The van der Waals surface area contributed by atoms with E-state index in [0.717, 1.165) is 18.9 Å². The molecule has 0 aliphatic heterocycles. The van der Waals surface area contributed by atoms with Crippen molar-refractivity contribution in [3.05, 3.63) is 47.5 Å². The van der Waals surface area contributed by atoms with Gasteiger partial charge in [-0.25, -0.2) is 0 Å². The van der Waals surface area contributed by atoms with Gasteiger partial charge in [0.2, 0.25) is 0 Å². The SMILES string of the molecule is CC(CCc1ccccc1)/C(=C/CCC1CCCC1)CN. The molecule has 0 spiro atoms. The second-order valence-electron chi connectivity index (χ2n) is 6.64. The lowest BCUT2D eigenvalue weighted by Gasteiger charge is -2.15. The predicted molar refractivity (Wildman–Crippen MR) is 92.3 cm³/mol. The van der Waals surface area contributed by atoms with Crippen molar-refractivity contribution < 1.29 is 0 Å². The molecule has 1 aliphatic carbocycles. The molecule has 0 bridgehead atoms. The number of hydrogen-bond acceptors (Lipinski definition) is 1. The van der Waals surface area contributed by atoms with Gasteiger partial charge in [-0.05, 0) is 43.1 Å². The summed E-state index contributed by atoms with van der Waals surface area (Å²) < 4.78 is 0. The zero-order valence-electron chi connectivity index (χ0n) is 13.6. The predicted octanol–water partition coefficient (Wildman–Crippen LogP) is 5.11. The summed E-state index contributed by atoms with van der Waals surface area (Å²) in [7, 11) is 0. The number of rotatable bonds is 8. The summed E-state index contributed by atoms with van der Waals surface area (Å²) in [5.41, 5.74) is 8.87. The Morgan fingerprint density at radius 2 is 1.95 bits per heavy atom. The third kappa shape index (κ3) is 5.67. The highest BCUT2D eigenvalue weighted by atomic mass is 14.5. The summed E-state index contributed by atoms with van der Waals surface area (Å²) in [5, 5.41) is 0. The van der Waals surface area contributed by atoms with Gasteiger partial charge in [0, 0.05) is 6.54 Å². The van der Waals surface area contributed by atoms with E-state index < -0.39 is 0 Å². The standard InChI is InChI=1S/C20H31N/c1-17(14-15-19-8-3-2-4-9-19)20(16-21)13-7-12-18-10-5-6-11-18/h2-4,8-9,13,17-18H,5-7,10-12,14-16,21H2,1H3/b20-13+. The fourth-order valence-corrected chi connectivity index (χ4v) is 3.50. The Bertz CT molecular complexity index is 415. The van der Waals surface area contributed by atoms with Gasteiger partial charge >= 0.3 is 0 Å². The maximum absolute atomic E-state index is 5.97. The zero-order valence-corrected chi connectivity index (χ0v) is 13.6. The topological polar surface area (TPSA) is 26.0 Å². The van der Waals surface area contributed by atoms with E-state index in [1.54, 1.807) is 0 Å². The van der Waals surface area contributed by atoms with E-state index in [0.29, 0.717) is 5.92 Å². The minimum absolute atomic E-state index is 0.610. The average Bonchev–Trinajstić information content (AvgIpc) is 3.03. The van der Waals surface area contributed by atoms with Gasteiger partial charge in [-0.15, -0.1) is 0 Å². The molecular weight excluding hydrogens is 254 g/mol. The van der Waals surface area contributed by atoms with E-state index in [-0.39, 0.29) is 0 Å². The van der Waals surface area contributed by atoms with E-state index in [2.05, 4.69) is 43.3 Å². The fourth-order valence-electron chi connectivity index (χ4n) is 3.50. The maximum atomic E-state index is 5.97. The minimum Gasteiger partial charge on any atom is -0.327 e. The van der Waals surface area contributed by atoms with Crippen LogP contribution in [0.4, 0.5) is 0 Å². The Morgan fingerprint density at radius 1 is 1.24 bits per heavy atom. The van der Waals surface area contributed by atoms with Crippen molar-refractivity contribution in [2.24, 2.45) is 17.6 Å². The molecule has 1 saturated carbocycles. The van der Waals surface area contributed by atoms with Crippen LogP contribution in [-0.2, 0) is 6.42 Å². The summed E-state index contributed by atoms with van der Waals surface area (Å²) >= 11 is 0. The van der Waals surface area contributed by atoms with Crippen LogP contribution < -0.4 is 5.73 Å². The van der Waals surface area contributed by atoms with Gasteiger partial charge in [0.25, 0.3) is 0 Å². The third-order valence-corrected chi connectivity index (χ3v) is 5.03. The Kier molecular flexibility index (Phi) is 7.02. The van der Waals surface area contributed by atoms with Crippen molar-refractivity contribution in [1.82, 2.24) is 0 Å². The average molecular weight is 285 g/mol. The van der Waals surface area contributed by atoms with Crippen LogP contribution in [0.5, 0.6) is 0 Å². The molecule has 1 unspecified atom stereocenters. The van der Waals surface area contributed by atoms with Crippen molar-refractivity contribution in [1.29, 1.82) is 0 Å². The molecule has 1 atom stereocenters. The van der Waals surface area contributed by atoms with Gasteiger partial charge in [-0.2, -0.15) is 0 Å². The van der Waals surface area contributed by atoms with E-state index in [1.807, 2.05) is 0 Å². The monoisotopic (exact) mass is 285 g/mol. The van der Waals surface area contributed by atoms with Gasteiger partial charge in [-0.1, -0.05) is 74.6 Å². The van der Waals surface area contributed by atoms with Crippen molar-refractivity contribution >= 4 is 0 Å². The summed E-state index contributed by atoms with van der Waals surface area (Å²) in [6, 6.07) is 10.8. The number of nitrogens with two attached hydrogens (primary N) is 1. The van der Waals surface area contributed by atoms with Crippen LogP contribution >= 0.6 is 0 Å². The zero-order chi connectivity index (χ0) is 14.9. The first-order valence-electron chi connectivity index (χ1n) is 8.72. The molecule has 0 aromatic heterocycles. The normalized spacial score (nSPS) is 18.1. The quantitative estimate of drug-likeness (QED) is 0.660. The summed E-state index contributed by atoms with van der Waals surface area (Å²) in [6.07, 6.45) is 13.2. The molecule has 1 aromatic rings. The highest BCUT2D eigenvalue weighted by Crippen LogP contribution is 2.29. The van der Waals surface area contributed by atoms with Crippen LogP contribution in [0.15, 0.2) is 42.0 Å². The first-order chi connectivity index (χ1) is 10.3. The third-order valence-electron chi connectivity index (χ3n) is 5.03. The Balaban J connectivity index is 1.75. The molecule has 0 amide bonds. The smallest absolute Gasteiger partial charge is 0.0139 e. The van der Waals surface area contributed by atoms with Crippen molar-refractivity contribution in [3.8, 4) is 0 Å². The largest absolute Gasteiger partial charge is 0.327 e. The summed E-state index contributed by atoms with van der Waals surface area (Å²) in [4.78, 5) is 0. The summed E-state index contributed by atoms with van der Waals surface area (Å²) in [5.74, 6) is 1.60. The molecule has 0 heterocycles. The number of benzene rings is 1. The van der Waals surface area contributed by atoms with Gasteiger partial charge in [0.1, 0.15) is 0 Å². The highest BCUT2D eigenvalue weighted by Gasteiger charge is 2.14. The maximum Gasteiger partial charge on any atom is 0.0139 e. The van der Waals surface area contributed by atoms with Crippen molar-refractivity contribution in [2.45, 2.75) is 58.3 Å². The second kappa shape index (κ2) is 9.04. The van der Waals surface area contributed by atoms with E-state index in [1.165, 1.54) is 56.1 Å². The molecular formula is C20H31N. The Hall–Kier alpha value is -1.08. The number of aryl methyl sites for hydroxylation is 1. The number of allylic oxidation sites excluding steroid dienone is 1. The van der Waals surface area contributed by atoms with Crippen LogP contribution in [0.25, 0.3) is 0 Å². The van der Waals surface area contributed by atoms with Gasteiger partial charge < -0.3 is 5.73 Å². The lowest BCUT2D eigenvalue weighted by atomic mass is 9.92. The molecule has 1 aromatic carbocycles. The van der Waals surface area contributed by atoms with Crippen LogP contribution in [0.1, 0.15) is 57.4 Å². The van der Waals surface area contributed by atoms with Gasteiger partial charge in [-0.3, -0.25) is 0 Å². The molecule has 1 fully saturated rings. The van der Waals surface area contributed by atoms with Crippen LogP contribution in [0.3, 0.4) is 0 Å². The molecule has 1 aliphatic rings. The first kappa shape index (κ1) is 16.3. The fraction of sp³-hybridized carbons (Fsp3) is 0.600. The van der Waals surface area contributed by atoms with Gasteiger partial charge in [0.15, 0.2) is 0 Å². The molecule has 116 valence electrons. The molecule has 2 N–H and O–H groups in total. The molecule has 2 rings (SSSR count). The molecule has 1 nitrogen and oxygen atoms in total. The first-order valence-corrected chi connectivity index (χ1v) is 8.72. The Labute approximate surface area is 130 Å². The van der Waals surface area contributed by atoms with E-state index in [4.69, 9.17) is 5.73 Å². The molecule has 1 heteroatoms. The lowest BCUT2D eigenvalue weighted by Crippen LogP contribution is -2.12. The summed E-state index contributed by atoms with van der Waals surface area (Å²) in [6.45, 7) is 3.05. The van der Waals surface area contributed by atoms with E-state index in [9.17, 15) is 0 Å². The van der Waals surface area contributed by atoms with Crippen molar-refractivity contribution in [3.63, 3.8) is 0 Å². The number of hydrogen-bond donors (Lipinski definition) is 1. The van der Waals surface area contributed by atoms with Crippen molar-refractivity contribution in [2.75, 3.05) is 6.54 Å². The molecule has 21 heavy (non-hydrogen) atoms. The van der Waals surface area contributed by atoms with Gasteiger partial charge in [0.05, 0.1) is 0 Å². The van der Waals surface area contributed by atoms with Crippen LogP contribution in [0, 0.1) is 11.8 Å². The molecule has 0 radical (unpaired) electrons. The van der Waals surface area contributed by atoms with Crippen LogP contribution in [-0.4, -0.2) is 6.54 Å². The van der Waals surface area contributed by atoms with E-state index >= 15 is 0 Å². The van der Waals surface area contributed by atoms with Crippen LogP contribution in [0.2, 0.25) is 0 Å². The molecule has 0 saturated heterocycles.